The number of hydrogen-bond acceptors (Lipinski definition) is 5. The van der Waals surface area contributed by atoms with Crippen molar-refractivity contribution in [3.8, 4) is 17.3 Å². The van der Waals surface area contributed by atoms with E-state index in [0.29, 0.717) is 24.4 Å². The number of fused-ring (bicyclic) bond motifs is 1. The zero-order valence-corrected chi connectivity index (χ0v) is 13.3. The van der Waals surface area contributed by atoms with Crippen LogP contribution in [0.1, 0.15) is 23.6 Å². The number of hydrogen-bond donors (Lipinski definition) is 2. The molecule has 1 amide bonds. The Balaban J connectivity index is 1.84. The van der Waals surface area contributed by atoms with E-state index in [9.17, 15) is 10.1 Å². The third-order valence-corrected chi connectivity index (χ3v) is 4.37. The summed E-state index contributed by atoms with van der Waals surface area (Å²) in [6, 6.07) is 7.60. The maximum absolute atomic E-state index is 10.7. The molecular formula is C18H15N5O2. The van der Waals surface area contributed by atoms with Crippen LogP contribution in [0.15, 0.2) is 30.6 Å². The maximum Gasteiger partial charge on any atom is 0.212 e. The Morgan fingerprint density at radius 3 is 3.08 bits per heavy atom. The Labute approximate surface area is 143 Å². The molecular weight excluding hydrogens is 318 g/mol. The van der Waals surface area contributed by atoms with Crippen LogP contribution in [-0.2, 0) is 9.53 Å². The van der Waals surface area contributed by atoms with E-state index in [1.807, 2.05) is 12.3 Å². The number of nitrogens with zero attached hydrogens (tertiary/aromatic N) is 3. The Hall–Kier alpha value is -3.24. The van der Waals surface area contributed by atoms with Crippen molar-refractivity contribution in [2.45, 2.75) is 12.3 Å². The maximum atomic E-state index is 10.7. The van der Waals surface area contributed by atoms with Crippen LogP contribution in [-0.4, -0.2) is 34.6 Å². The molecule has 0 spiro atoms. The topological polar surface area (TPSA) is 104 Å². The molecule has 0 radical (unpaired) electrons. The van der Waals surface area contributed by atoms with Gasteiger partial charge in [0.25, 0.3) is 0 Å². The lowest BCUT2D eigenvalue weighted by Crippen LogP contribution is -2.02. The molecule has 4 rings (SSSR count). The van der Waals surface area contributed by atoms with Crippen molar-refractivity contribution in [2.75, 3.05) is 18.5 Å². The predicted octanol–water partition coefficient (Wildman–Crippen LogP) is 2.57. The Kier molecular flexibility index (Phi) is 3.88. The lowest BCUT2D eigenvalue weighted by atomic mass is 10.0. The summed E-state index contributed by atoms with van der Waals surface area (Å²) < 4.78 is 5.45. The second kappa shape index (κ2) is 6.34. The molecule has 4 heterocycles. The summed E-state index contributed by atoms with van der Waals surface area (Å²) in [4.78, 5) is 22.7. The second-order valence-electron chi connectivity index (χ2n) is 5.92. The molecule has 3 aromatic rings. The second-order valence-corrected chi connectivity index (χ2v) is 5.92. The first-order chi connectivity index (χ1) is 12.3. The van der Waals surface area contributed by atoms with Gasteiger partial charge in [-0.05, 0) is 24.6 Å². The van der Waals surface area contributed by atoms with Gasteiger partial charge in [0, 0.05) is 35.4 Å². The van der Waals surface area contributed by atoms with Crippen molar-refractivity contribution in [1.82, 2.24) is 15.0 Å². The van der Waals surface area contributed by atoms with Crippen LogP contribution in [0.5, 0.6) is 0 Å². The summed E-state index contributed by atoms with van der Waals surface area (Å²) >= 11 is 0. The first-order valence-electron chi connectivity index (χ1n) is 7.96. The summed E-state index contributed by atoms with van der Waals surface area (Å²) in [5.74, 6) is 0.676. The molecule has 0 saturated carbocycles. The van der Waals surface area contributed by atoms with E-state index in [1.165, 1.54) is 0 Å². The van der Waals surface area contributed by atoms with Gasteiger partial charge in [-0.15, -0.1) is 0 Å². The number of aromatic amines is 1. The van der Waals surface area contributed by atoms with Gasteiger partial charge < -0.3 is 15.0 Å². The van der Waals surface area contributed by atoms with Crippen molar-refractivity contribution in [3.05, 3.63) is 41.9 Å². The van der Waals surface area contributed by atoms with Crippen LogP contribution >= 0.6 is 0 Å². The van der Waals surface area contributed by atoms with E-state index in [4.69, 9.17) is 9.72 Å². The van der Waals surface area contributed by atoms with Gasteiger partial charge in [0.2, 0.25) is 6.41 Å². The van der Waals surface area contributed by atoms with Crippen LogP contribution in [0.4, 0.5) is 5.82 Å². The summed E-state index contributed by atoms with van der Waals surface area (Å²) in [7, 11) is 0. The van der Waals surface area contributed by atoms with Crippen LogP contribution in [0.3, 0.4) is 0 Å². The number of rotatable bonds is 4. The lowest BCUT2D eigenvalue weighted by Gasteiger charge is -2.10. The normalized spacial score (nSPS) is 16.7. The molecule has 0 aromatic carbocycles. The van der Waals surface area contributed by atoms with Gasteiger partial charge in [0.1, 0.15) is 5.82 Å². The average molecular weight is 333 g/mol. The molecule has 124 valence electrons. The molecule has 25 heavy (non-hydrogen) atoms. The molecule has 7 nitrogen and oxygen atoms in total. The highest BCUT2D eigenvalue weighted by Gasteiger charge is 2.21. The fourth-order valence-electron chi connectivity index (χ4n) is 3.10. The molecule has 1 saturated heterocycles. The lowest BCUT2D eigenvalue weighted by molar-refractivity contribution is -0.105. The molecule has 2 N–H and O–H groups in total. The van der Waals surface area contributed by atoms with Gasteiger partial charge in [-0.2, -0.15) is 5.26 Å². The molecule has 1 aliphatic heterocycles. The summed E-state index contributed by atoms with van der Waals surface area (Å²) in [6.45, 7) is 1.35. The van der Waals surface area contributed by atoms with E-state index in [-0.39, 0.29) is 5.92 Å². The number of amides is 1. The van der Waals surface area contributed by atoms with Gasteiger partial charge in [-0.3, -0.25) is 9.78 Å². The Morgan fingerprint density at radius 1 is 1.40 bits per heavy atom. The molecule has 0 bridgehead atoms. The highest BCUT2D eigenvalue weighted by molar-refractivity contribution is 5.96. The highest BCUT2D eigenvalue weighted by Crippen LogP contribution is 2.32. The van der Waals surface area contributed by atoms with E-state index >= 15 is 0 Å². The molecule has 3 aromatic heterocycles. The van der Waals surface area contributed by atoms with Crippen molar-refractivity contribution in [2.24, 2.45) is 0 Å². The summed E-state index contributed by atoms with van der Waals surface area (Å²) in [5, 5.41) is 12.8. The largest absolute Gasteiger partial charge is 0.381 e. The number of nitrogens with one attached hydrogen (secondary N) is 2. The highest BCUT2D eigenvalue weighted by atomic mass is 16.5. The number of H-pyrrole nitrogens is 1. The van der Waals surface area contributed by atoms with Gasteiger partial charge in [0.05, 0.1) is 35.6 Å². The first-order valence-corrected chi connectivity index (χ1v) is 7.96. The van der Waals surface area contributed by atoms with E-state index < -0.39 is 0 Å². The molecule has 1 aliphatic rings. The quantitative estimate of drug-likeness (QED) is 0.714. The monoisotopic (exact) mass is 333 g/mol. The predicted molar refractivity (Wildman–Crippen MR) is 91.9 cm³/mol. The average Bonchev–Trinajstić information content (AvgIpc) is 3.31. The molecule has 1 fully saturated rings. The fourth-order valence-corrected chi connectivity index (χ4v) is 3.10. The zero-order valence-electron chi connectivity index (χ0n) is 13.3. The minimum absolute atomic E-state index is 0.214. The SMILES string of the molecule is N#Cc1cc(-c2c[nH]c3cnc(NC=O)cc23)nc(C2CCOC2)c1. The summed E-state index contributed by atoms with van der Waals surface area (Å²) in [6.07, 6.45) is 5.00. The molecule has 0 aliphatic carbocycles. The third kappa shape index (κ3) is 2.84. The summed E-state index contributed by atoms with van der Waals surface area (Å²) in [5.41, 5.74) is 3.86. The minimum atomic E-state index is 0.214. The van der Waals surface area contributed by atoms with E-state index in [0.717, 1.165) is 40.9 Å². The number of ether oxygens (including phenoxy) is 1. The van der Waals surface area contributed by atoms with Crippen LogP contribution in [0, 0.1) is 11.3 Å². The minimum Gasteiger partial charge on any atom is -0.381 e. The van der Waals surface area contributed by atoms with Crippen molar-refractivity contribution < 1.29 is 9.53 Å². The van der Waals surface area contributed by atoms with Gasteiger partial charge in [0.15, 0.2) is 0 Å². The van der Waals surface area contributed by atoms with Gasteiger partial charge >= 0.3 is 0 Å². The number of carbonyl (C=O) groups excluding carboxylic acids is 1. The van der Waals surface area contributed by atoms with Crippen molar-refractivity contribution >= 4 is 23.1 Å². The smallest absolute Gasteiger partial charge is 0.212 e. The molecule has 1 unspecified atom stereocenters. The van der Waals surface area contributed by atoms with Gasteiger partial charge in [-0.1, -0.05) is 0 Å². The van der Waals surface area contributed by atoms with E-state index in [1.54, 1.807) is 18.3 Å². The number of anilines is 1. The molecule has 1 atom stereocenters. The van der Waals surface area contributed by atoms with Gasteiger partial charge in [-0.25, -0.2) is 4.98 Å². The number of nitriles is 1. The number of pyridine rings is 2. The van der Waals surface area contributed by atoms with Crippen molar-refractivity contribution in [1.29, 1.82) is 5.26 Å². The zero-order chi connectivity index (χ0) is 17.2. The van der Waals surface area contributed by atoms with Crippen LogP contribution < -0.4 is 5.32 Å². The Morgan fingerprint density at radius 2 is 2.32 bits per heavy atom. The Bertz CT molecular complexity index is 983. The van der Waals surface area contributed by atoms with Crippen molar-refractivity contribution in [3.63, 3.8) is 0 Å². The number of carbonyl (C=O) groups is 1. The van der Waals surface area contributed by atoms with Crippen LogP contribution in [0.2, 0.25) is 0 Å². The third-order valence-electron chi connectivity index (χ3n) is 4.37. The fraction of sp³-hybridized carbons (Fsp3) is 0.222. The standard InChI is InChI=1S/C18H15N5O2/c19-6-11-3-15(12-1-2-25-9-12)23-16(4-11)14-7-20-17-8-21-18(22-10-24)5-13(14)17/h3-5,7-8,10,12,20H,1-2,9H2,(H,21,22,24). The molecule has 7 heteroatoms. The first kappa shape index (κ1) is 15.3. The number of aromatic nitrogens is 3. The van der Waals surface area contributed by atoms with Crippen LogP contribution in [0.25, 0.3) is 22.2 Å². The van der Waals surface area contributed by atoms with E-state index in [2.05, 4.69) is 21.4 Å².